The molecule has 25 heavy (non-hydrogen) atoms. The fourth-order valence-electron chi connectivity index (χ4n) is 3.41. The minimum absolute atomic E-state index is 0.00429. The molecule has 0 saturated carbocycles. The average Bonchev–Trinajstić information content (AvgIpc) is 3.09. The molecule has 1 aliphatic heterocycles. The van der Waals surface area contributed by atoms with Gasteiger partial charge in [0.15, 0.2) is 0 Å². The molecule has 3 rings (SSSR count). The lowest BCUT2D eigenvalue weighted by Gasteiger charge is -2.27. The van der Waals surface area contributed by atoms with Crippen molar-refractivity contribution >= 4 is 5.91 Å². The number of amides is 1. The molecule has 0 aliphatic carbocycles. The van der Waals surface area contributed by atoms with Gasteiger partial charge in [-0.15, -0.1) is 0 Å². The fourth-order valence-corrected chi connectivity index (χ4v) is 3.41. The van der Waals surface area contributed by atoms with Crippen LogP contribution in [0.1, 0.15) is 30.9 Å². The molecule has 4 nitrogen and oxygen atoms in total. The number of nitrogens with zero attached hydrogens (tertiary/aromatic N) is 1. The molecule has 4 heteroatoms. The molecule has 0 radical (unpaired) electrons. The highest BCUT2D eigenvalue weighted by Crippen LogP contribution is 2.22. The van der Waals surface area contributed by atoms with Crippen molar-refractivity contribution in [3.8, 4) is 0 Å². The Kier molecular flexibility index (Phi) is 5.51. The van der Waals surface area contributed by atoms with Crippen LogP contribution in [0.2, 0.25) is 0 Å². The second-order valence-electron chi connectivity index (χ2n) is 6.97. The molecule has 1 amide bonds. The molecule has 1 saturated heterocycles. The van der Waals surface area contributed by atoms with E-state index in [2.05, 4.69) is 22.3 Å². The number of benzene rings is 2. The number of rotatable bonds is 6. The molecule has 2 unspecified atom stereocenters. The van der Waals surface area contributed by atoms with Gasteiger partial charge >= 0.3 is 0 Å². The maximum atomic E-state index is 12.7. The summed E-state index contributed by atoms with van der Waals surface area (Å²) in [5, 5.41) is 13.6. The standard InChI is InChI=1S/C21H26N2O2/c1-21(25,18-11-6-3-7-12-18)16-22-20(24)19-13-8-14-23(19)15-17-9-4-2-5-10-17/h2-7,9-12,19,25H,8,13-16H2,1H3,(H,22,24). The quantitative estimate of drug-likeness (QED) is 0.851. The van der Waals surface area contributed by atoms with E-state index >= 15 is 0 Å². The van der Waals surface area contributed by atoms with Crippen LogP contribution in [0.3, 0.4) is 0 Å². The van der Waals surface area contributed by atoms with E-state index < -0.39 is 5.60 Å². The predicted molar refractivity (Wildman–Crippen MR) is 98.9 cm³/mol. The third-order valence-electron chi connectivity index (χ3n) is 4.90. The van der Waals surface area contributed by atoms with E-state index in [0.29, 0.717) is 0 Å². The maximum Gasteiger partial charge on any atom is 0.237 e. The molecule has 1 fully saturated rings. The van der Waals surface area contributed by atoms with Crippen LogP contribution in [0.4, 0.5) is 0 Å². The van der Waals surface area contributed by atoms with Crippen molar-refractivity contribution in [3.63, 3.8) is 0 Å². The molecule has 2 aromatic carbocycles. The van der Waals surface area contributed by atoms with Crippen LogP contribution in [0.25, 0.3) is 0 Å². The monoisotopic (exact) mass is 338 g/mol. The number of aliphatic hydroxyl groups is 1. The number of hydrogen-bond donors (Lipinski definition) is 2. The number of likely N-dealkylation sites (tertiary alicyclic amines) is 1. The van der Waals surface area contributed by atoms with E-state index in [1.807, 2.05) is 48.5 Å². The molecular weight excluding hydrogens is 312 g/mol. The topological polar surface area (TPSA) is 52.6 Å². The van der Waals surface area contributed by atoms with Crippen LogP contribution in [0, 0.1) is 0 Å². The first-order valence-electron chi connectivity index (χ1n) is 8.90. The average molecular weight is 338 g/mol. The fraction of sp³-hybridized carbons (Fsp3) is 0.381. The van der Waals surface area contributed by atoms with Crippen molar-refractivity contribution in [2.75, 3.05) is 13.1 Å². The molecule has 0 spiro atoms. The maximum absolute atomic E-state index is 12.7. The van der Waals surface area contributed by atoms with Crippen molar-refractivity contribution in [3.05, 3.63) is 71.8 Å². The highest BCUT2D eigenvalue weighted by atomic mass is 16.3. The Hall–Kier alpha value is -2.17. The van der Waals surface area contributed by atoms with E-state index in [-0.39, 0.29) is 18.5 Å². The molecule has 132 valence electrons. The largest absolute Gasteiger partial charge is 0.384 e. The zero-order valence-corrected chi connectivity index (χ0v) is 14.7. The van der Waals surface area contributed by atoms with Crippen LogP contribution in [0.5, 0.6) is 0 Å². The summed E-state index contributed by atoms with van der Waals surface area (Å²) in [4.78, 5) is 14.9. The molecule has 0 bridgehead atoms. The molecule has 0 aromatic heterocycles. The SMILES string of the molecule is CC(O)(CNC(=O)C1CCCN1Cc1ccccc1)c1ccccc1. The molecule has 2 N–H and O–H groups in total. The van der Waals surface area contributed by atoms with Gasteiger partial charge in [-0.25, -0.2) is 0 Å². The molecular formula is C21H26N2O2. The number of hydrogen-bond acceptors (Lipinski definition) is 3. The summed E-state index contributed by atoms with van der Waals surface area (Å²) in [6.07, 6.45) is 1.89. The first-order valence-corrected chi connectivity index (χ1v) is 8.90. The van der Waals surface area contributed by atoms with Gasteiger partial charge < -0.3 is 10.4 Å². The van der Waals surface area contributed by atoms with Crippen LogP contribution < -0.4 is 5.32 Å². The number of carbonyl (C=O) groups excluding carboxylic acids is 1. The van der Waals surface area contributed by atoms with E-state index in [0.717, 1.165) is 31.5 Å². The summed E-state index contributed by atoms with van der Waals surface area (Å²) in [5.74, 6) is 0.00429. The molecule has 1 aliphatic rings. The van der Waals surface area contributed by atoms with Gasteiger partial charge in [0.25, 0.3) is 0 Å². The Morgan fingerprint density at radius 1 is 1.16 bits per heavy atom. The Bertz CT molecular complexity index is 686. The van der Waals surface area contributed by atoms with Gasteiger partial charge in [0, 0.05) is 6.54 Å². The first kappa shape index (κ1) is 17.6. The number of carbonyl (C=O) groups is 1. The summed E-state index contributed by atoms with van der Waals surface area (Å²) < 4.78 is 0. The Morgan fingerprint density at radius 2 is 1.80 bits per heavy atom. The molecule has 2 aromatic rings. The minimum Gasteiger partial charge on any atom is -0.384 e. The minimum atomic E-state index is -1.07. The van der Waals surface area contributed by atoms with Crippen LogP contribution in [0.15, 0.2) is 60.7 Å². The van der Waals surface area contributed by atoms with Crippen LogP contribution in [-0.2, 0) is 16.9 Å². The van der Waals surface area contributed by atoms with Crippen molar-refractivity contribution in [2.45, 2.75) is 38.0 Å². The normalized spacial score (nSPS) is 20.2. The summed E-state index contributed by atoms with van der Waals surface area (Å²) >= 11 is 0. The van der Waals surface area contributed by atoms with Gasteiger partial charge in [0.2, 0.25) is 5.91 Å². The predicted octanol–water partition coefficient (Wildman–Crippen LogP) is 2.67. The smallest absolute Gasteiger partial charge is 0.237 e. The Balaban J connectivity index is 1.58. The first-order chi connectivity index (χ1) is 12.1. The molecule has 2 atom stereocenters. The summed E-state index contributed by atoms with van der Waals surface area (Å²) in [7, 11) is 0. The second-order valence-corrected chi connectivity index (χ2v) is 6.97. The Labute approximate surface area is 149 Å². The summed E-state index contributed by atoms with van der Waals surface area (Å²) in [6.45, 7) is 3.67. The lowest BCUT2D eigenvalue weighted by Crippen LogP contribution is -2.47. The van der Waals surface area contributed by atoms with Crippen LogP contribution in [-0.4, -0.2) is 35.0 Å². The lowest BCUT2D eigenvalue weighted by molar-refractivity contribution is -0.126. The van der Waals surface area contributed by atoms with Gasteiger partial charge in [-0.05, 0) is 37.4 Å². The third-order valence-corrected chi connectivity index (χ3v) is 4.90. The van der Waals surface area contributed by atoms with E-state index in [9.17, 15) is 9.90 Å². The highest BCUT2D eigenvalue weighted by molar-refractivity contribution is 5.82. The highest BCUT2D eigenvalue weighted by Gasteiger charge is 2.32. The van der Waals surface area contributed by atoms with Gasteiger partial charge in [0.05, 0.1) is 12.6 Å². The third kappa shape index (κ3) is 4.47. The van der Waals surface area contributed by atoms with Gasteiger partial charge in [0.1, 0.15) is 5.60 Å². The van der Waals surface area contributed by atoms with Gasteiger partial charge in [-0.3, -0.25) is 9.69 Å². The molecule has 1 heterocycles. The second kappa shape index (κ2) is 7.81. The summed E-state index contributed by atoms with van der Waals surface area (Å²) in [6, 6.07) is 19.6. The van der Waals surface area contributed by atoms with Crippen molar-refractivity contribution in [1.82, 2.24) is 10.2 Å². The van der Waals surface area contributed by atoms with E-state index in [1.165, 1.54) is 5.56 Å². The van der Waals surface area contributed by atoms with E-state index in [1.54, 1.807) is 6.92 Å². The summed E-state index contributed by atoms with van der Waals surface area (Å²) in [5.41, 5.74) is 0.959. The van der Waals surface area contributed by atoms with E-state index in [4.69, 9.17) is 0 Å². The van der Waals surface area contributed by atoms with Crippen molar-refractivity contribution in [2.24, 2.45) is 0 Å². The zero-order valence-electron chi connectivity index (χ0n) is 14.7. The van der Waals surface area contributed by atoms with Gasteiger partial charge in [-0.1, -0.05) is 60.7 Å². The van der Waals surface area contributed by atoms with Crippen LogP contribution >= 0.6 is 0 Å². The lowest BCUT2D eigenvalue weighted by atomic mass is 9.96. The number of nitrogens with one attached hydrogen (secondary N) is 1. The Morgan fingerprint density at radius 3 is 2.48 bits per heavy atom. The zero-order chi connectivity index (χ0) is 17.7. The van der Waals surface area contributed by atoms with Gasteiger partial charge in [-0.2, -0.15) is 0 Å². The van der Waals surface area contributed by atoms with Crippen molar-refractivity contribution < 1.29 is 9.90 Å². The van der Waals surface area contributed by atoms with Crippen molar-refractivity contribution in [1.29, 1.82) is 0 Å².